The fourth-order valence-electron chi connectivity index (χ4n) is 1.15. The molecule has 1 atom stereocenters. The molecule has 1 aromatic rings. The summed E-state index contributed by atoms with van der Waals surface area (Å²) in [6.07, 6.45) is 3.63. The Morgan fingerprint density at radius 1 is 1.42 bits per heavy atom. The van der Waals surface area contributed by atoms with Gasteiger partial charge in [0.05, 0.1) is 0 Å². The topological polar surface area (TPSA) is 16.1 Å². The van der Waals surface area contributed by atoms with Gasteiger partial charge in [-0.1, -0.05) is 0 Å². The van der Waals surface area contributed by atoms with Gasteiger partial charge in [0, 0.05) is 24.2 Å². The summed E-state index contributed by atoms with van der Waals surface area (Å²) in [7, 11) is 4.11. The van der Waals surface area contributed by atoms with Crippen LogP contribution in [0.4, 0.5) is 0 Å². The highest BCUT2D eigenvalue weighted by atomic mass is 32.1. The molecule has 1 aromatic heterocycles. The molecule has 0 amide bonds. The van der Waals surface area contributed by atoms with Crippen LogP contribution in [-0.2, 0) is 0 Å². The lowest BCUT2D eigenvalue weighted by Gasteiger charge is -2.22. The van der Waals surface area contributed by atoms with Crippen LogP contribution < -0.4 is 0 Å². The predicted molar refractivity (Wildman–Crippen MR) is 54.5 cm³/mol. The third-order valence-electron chi connectivity index (χ3n) is 1.89. The van der Waals surface area contributed by atoms with Crippen molar-refractivity contribution in [1.82, 2.24) is 9.88 Å². The van der Waals surface area contributed by atoms with Crippen LogP contribution in [-0.4, -0.2) is 29.7 Å². The molecule has 1 heterocycles. The highest BCUT2D eigenvalue weighted by Gasteiger charge is 2.10. The van der Waals surface area contributed by atoms with Crippen LogP contribution in [0.3, 0.4) is 0 Å². The Hall–Kier alpha value is -0.540. The molecular weight excluding hydrogens is 168 g/mol. The van der Waals surface area contributed by atoms with Crippen molar-refractivity contribution in [3.05, 3.63) is 30.1 Å². The van der Waals surface area contributed by atoms with Crippen LogP contribution in [0.15, 0.2) is 24.5 Å². The molecule has 2 nitrogen and oxygen atoms in total. The van der Waals surface area contributed by atoms with Crippen LogP contribution in [0.2, 0.25) is 0 Å². The number of hydrogen-bond donors (Lipinski definition) is 1. The van der Waals surface area contributed by atoms with Crippen molar-refractivity contribution >= 4 is 12.6 Å². The van der Waals surface area contributed by atoms with E-state index in [9.17, 15) is 0 Å². The maximum atomic E-state index is 4.30. The first-order valence-electron chi connectivity index (χ1n) is 3.93. The third-order valence-corrected chi connectivity index (χ3v) is 2.23. The van der Waals surface area contributed by atoms with Crippen LogP contribution in [0.25, 0.3) is 0 Å². The van der Waals surface area contributed by atoms with E-state index in [4.69, 9.17) is 0 Å². The summed E-state index contributed by atoms with van der Waals surface area (Å²) in [5, 5.41) is 0. The van der Waals surface area contributed by atoms with Crippen molar-refractivity contribution in [3.63, 3.8) is 0 Å². The zero-order chi connectivity index (χ0) is 8.97. The second-order valence-corrected chi connectivity index (χ2v) is 3.31. The summed E-state index contributed by atoms with van der Waals surface area (Å²) in [4.78, 5) is 6.13. The summed E-state index contributed by atoms with van der Waals surface area (Å²) in [5.41, 5.74) is 1.27. The number of hydrogen-bond acceptors (Lipinski definition) is 3. The molecule has 1 unspecified atom stereocenters. The Morgan fingerprint density at radius 3 is 2.42 bits per heavy atom. The quantitative estimate of drug-likeness (QED) is 0.715. The van der Waals surface area contributed by atoms with E-state index in [2.05, 4.69) is 36.6 Å². The van der Waals surface area contributed by atoms with Gasteiger partial charge < -0.3 is 4.90 Å². The van der Waals surface area contributed by atoms with Crippen molar-refractivity contribution in [2.75, 3.05) is 19.8 Å². The van der Waals surface area contributed by atoms with Crippen LogP contribution in [0, 0.1) is 0 Å². The normalized spacial score (nSPS) is 13.3. The Balaban J connectivity index is 2.80. The zero-order valence-electron chi connectivity index (χ0n) is 7.44. The Kier molecular flexibility index (Phi) is 3.56. The lowest BCUT2D eigenvalue weighted by atomic mass is 10.1. The Morgan fingerprint density at radius 2 is 2.00 bits per heavy atom. The van der Waals surface area contributed by atoms with Crippen molar-refractivity contribution in [2.24, 2.45) is 0 Å². The second-order valence-electron chi connectivity index (χ2n) is 2.94. The van der Waals surface area contributed by atoms with Gasteiger partial charge in [0.15, 0.2) is 0 Å². The standard InChI is InChI=1S/C9H14N2S/c1-11(2)9(7-12)8-3-5-10-6-4-8/h3-6,9,12H,7H2,1-2H3. The summed E-state index contributed by atoms with van der Waals surface area (Å²) < 4.78 is 0. The maximum Gasteiger partial charge on any atom is 0.0431 e. The van der Waals surface area contributed by atoms with Crippen molar-refractivity contribution in [1.29, 1.82) is 0 Å². The first kappa shape index (κ1) is 9.55. The molecule has 66 valence electrons. The molecule has 0 radical (unpaired) electrons. The van der Waals surface area contributed by atoms with Crippen molar-refractivity contribution < 1.29 is 0 Å². The number of pyridine rings is 1. The molecule has 0 saturated carbocycles. The average Bonchev–Trinajstić information content (AvgIpc) is 2.07. The van der Waals surface area contributed by atoms with Gasteiger partial charge in [-0.3, -0.25) is 4.98 Å². The monoisotopic (exact) mass is 182 g/mol. The molecule has 0 aliphatic carbocycles. The SMILES string of the molecule is CN(C)C(CS)c1ccncc1. The van der Waals surface area contributed by atoms with Gasteiger partial charge in [-0.05, 0) is 31.8 Å². The van der Waals surface area contributed by atoms with E-state index in [-0.39, 0.29) is 0 Å². The van der Waals surface area contributed by atoms with E-state index in [0.29, 0.717) is 6.04 Å². The number of rotatable bonds is 3. The molecule has 0 saturated heterocycles. The first-order valence-corrected chi connectivity index (χ1v) is 4.56. The van der Waals surface area contributed by atoms with Gasteiger partial charge in [-0.15, -0.1) is 0 Å². The van der Waals surface area contributed by atoms with E-state index in [1.165, 1.54) is 5.56 Å². The minimum Gasteiger partial charge on any atom is -0.302 e. The molecule has 0 spiro atoms. The lowest BCUT2D eigenvalue weighted by Crippen LogP contribution is -2.21. The number of nitrogens with zero attached hydrogens (tertiary/aromatic N) is 2. The molecule has 12 heavy (non-hydrogen) atoms. The Labute approximate surface area is 79.0 Å². The van der Waals surface area contributed by atoms with Gasteiger partial charge in [0.1, 0.15) is 0 Å². The lowest BCUT2D eigenvalue weighted by molar-refractivity contribution is 0.326. The third kappa shape index (κ3) is 2.22. The second kappa shape index (κ2) is 4.48. The molecule has 0 aliphatic heterocycles. The summed E-state index contributed by atoms with van der Waals surface area (Å²) in [5.74, 6) is 0.830. The van der Waals surface area contributed by atoms with Gasteiger partial charge in [0.25, 0.3) is 0 Å². The largest absolute Gasteiger partial charge is 0.302 e. The minimum absolute atomic E-state index is 0.385. The summed E-state index contributed by atoms with van der Waals surface area (Å²) >= 11 is 4.30. The summed E-state index contributed by atoms with van der Waals surface area (Å²) in [6, 6.07) is 4.44. The molecule has 0 aliphatic rings. The fourth-order valence-corrected chi connectivity index (χ4v) is 1.69. The van der Waals surface area contributed by atoms with E-state index in [1.807, 2.05) is 24.5 Å². The van der Waals surface area contributed by atoms with E-state index < -0.39 is 0 Å². The number of thiol groups is 1. The number of aromatic nitrogens is 1. The van der Waals surface area contributed by atoms with Crippen molar-refractivity contribution in [2.45, 2.75) is 6.04 Å². The highest BCUT2D eigenvalue weighted by molar-refractivity contribution is 7.80. The van der Waals surface area contributed by atoms with E-state index in [1.54, 1.807) is 0 Å². The fraction of sp³-hybridized carbons (Fsp3) is 0.444. The van der Waals surface area contributed by atoms with Gasteiger partial charge >= 0.3 is 0 Å². The smallest absolute Gasteiger partial charge is 0.0431 e. The highest BCUT2D eigenvalue weighted by Crippen LogP contribution is 2.17. The van der Waals surface area contributed by atoms with Crippen LogP contribution in [0.5, 0.6) is 0 Å². The molecule has 0 bridgehead atoms. The average molecular weight is 182 g/mol. The molecule has 1 rings (SSSR count). The summed E-state index contributed by atoms with van der Waals surface area (Å²) in [6.45, 7) is 0. The molecule has 3 heteroatoms. The van der Waals surface area contributed by atoms with E-state index in [0.717, 1.165) is 5.75 Å². The maximum absolute atomic E-state index is 4.30. The van der Waals surface area contributed by atoms with Crippen LogP contribution >= 0.6 is 12.6 Å². The molecular formula is C9H14N2S. The van der Waals surface area contributed by atoms with Crippen LogP contribution in [0.1, 0.15) is 11.6 Å². The van der Waals surface area contributed by atoms with Gasteiger partial charge in [0.2, 0.25) is 0 Å². The Bertz CT molecular complexity index is 223. The van der Waals surface area contributed by atoms with Crippen molar-refractivity contribution in [3.8, 4) is 0 Å². The predicted octanol–water partition coefficient (Wildman–Crippen LogP) is 1.61. The van der Waals surface area contributed by atoms with Gasteiger partial charge in [-0.25, -0.2) is 0 Å². The molecule has 0 aromatic carbocycles. The van der Waals surface area contributed by atoms with Gasteiger partial charge in [-0.2, -0.15) is 12.6 Å². The minimum atomic E-state index is 0.385. The van der Waals surface area contributed by atoms with E-state index >= 15 is 0 Å². The zero-order valence-corrected chi connectivity index (χ0v) is 8.33. The molecule has 0 N–H and O–H groups in total. The first-order chi connectivity index (χ1) is 5.75. The molecule has 0 fully saturated rings.